The molecule has 2 fully saturated rings. The number of hydrogen-bond acceptors (Lipinski definition) is 6. The van der Waals surface area contributed by atoms with Crippen LogP contribution in [0.5, 0.6) is 0 Å². The minimum absolute atomic E-state index is 0.0658. The Balaban J connectivity index is 1.31. The number of aromatic nitrogens is 3. The molecule has 4 heterocycles. The topological polar surface area (TPSA) is 80.2 Å². The number of carbonyl (C=O) groups is 1. The number of nitrogens with zero attached hydrogens (tertiary/aromatic N) is 4. The normalized spacial score (nSPS) is 20.8. The molecule has 7 heteroatoms. The number of ether oxygens (including phenoxy) is 1. The smallest absolute Gasteiger partial charge is 0.274 e. The number of amides is 1. The average molecular weight is 353 g/mol. The molecule has 1 spiro atoms. The van der Waals surface area contributed by atoms with Gasteiger partial charge in [0.2, 0.25) is 0 Å². The molecule has 2 saturated heterocycles. The van der Waals surface area contributed by atoms with Crippen molar-refractivity contribution >= 4 is 11.7 Å². The highest BCUT2D eigenvalue weighted by molar-refractivity contribution is 5.92. The number of nitrogens with one attached hydrogen (secondary N) is 1. The Hall–Kier alpha value is -2.54. The van der Waals surface area contributed by atoms with Crippen LogP contribution in [-0.2, 0) is 4.74 Å². The van der Waals surface area contributed by atoms with Crippen molar-refractivity contribution in [2.24, 2.45) is 5.92 Å². The fourth-order valence-corrected chi connectivity index (χ4v) is 3.79. The highest BCUT2D eigenvalue weighted by Crippen LogP contribution is 2.42. The van der Waals surface area contributed by atoms with Crippen molar-refractivity contribution in [1.29, 1.82) is 0 Å². The highest BCUT2D eigenvalue weighted by atomic mass is 16.5. The monoisotopic (exact) mass is 353 g/mol. The van der Waals surface area contributed by atoms with Crippen LogP contribution in [0.4, 0.5) is 5.82 Å². The standard InChI is InChI=1S/C19H23N5O2/c1-14-10-23-16(11-22-14)18(25)24-12-19(13-24)15(6-9-26-19)5-8-21-17-4-2-3-7-20-17/h2-4,7,10-11,15H,5-6,8-9,12-13H2,1H3,(H,20,21)/t15-/m1/s1. The summed E-state index contributed by atoms with van der Waals surface area (Å²) in [4.78, 5) is 27.0. The van der Waals surface area contributed by atoms with E-state index < -0.39 is 0 Å². The summed E-state index contributed by atoms with van der Waals surface area (Å²) in [6.45, 7) is 4.74. The molecule has 1 atom stereocenters. The van der Waals surface area contributed by atoms with Crippen LogP contribution in [0.1, 0.15) is 29.0 Å². The van der Waals surface area contributed by atoms with Gasteiger partial charge in [0.1, 0.15) is 17.1 Å². The van der Waals surface area contributed by atoms with Crippen LogP contribution in [-0.4, -0.2) is 57.6 Å². The lowest BCUT2D eigenvalue weighted by atomic mass is 9.79. The molecule has 136 valence electrons. The van der Waals surface area contributed by atoms with Gasteiger partial charge in [0.25, 0.3) is 5.91 Å². The number of carbonyl (C=O) groups excluding carboxylic acids is 1. The summed E-state index contributed by atoms with van der Waals surface area (Å²) < 4.78 is 6.05. The summed E-state index contributed by atoms with van der Waals surface area (Å²) in [6, 6.07) is 5.84. The van der Waals surface area contributed by atoms with E-state index in [9.17, 15) is 4.79 Å². The Morgan fingerprint density at radius 2 is 2.19 bits per heavy atom. The van der Waals surface area contributed by atoms with E-state index in [0.29, 0.717) is 24.7 Å². The minimum Gasteiger partial charge on any atom is -0.371 e. The number of anilines is 1. The Morgan fingerprint density at radius 3 is 2.92 bits per heavy atom. The molecule has 2 aliphatic rings. The summed E-state index contributed by atoms with van der Waals surface area (Å²) in [7, 11) is 0. The minimum atomic E-state index is -0.195. The van der Waals surface area contributed by atoms with E-state index >= 15 is 0 Å². The van der Waals surface area contributed by atoms with Gasteiger partial charge < -0.3 is 15.0 Å². The zero-order valence-electron chi connectivity index (χ0n) is 14.9. The fraction of sp³-hybridized carbons (Fsp3) is 0.474. The van der Waals surface area contributed by atoms with E-state index in [-0.39, 0.29) is 11.5 Å². The van der Waals surface area contributed by atoms with E-state index in [4.69, 9.17) is 4.74 Å². The van der Waals surface area contributed by atoms with Crippen LogP contribution in [0.2, 0.25) is 0 Å². The number of hydrogen-bond donors (Lipinski definition) is 1. The van der Waals surface area contributed by atoms with Gasteiger partial charge >= 0.3 is 0 Å². The van der Waals surface area contributed by atoms with Crippen molar-refractivity contribution < 1.29 is 9.53 Å². The Bertz CT molecular complexity index is 759. The summed E-state index contributed by atoms with van der Waals surface area (Å²) in [6.07, 6.45) is 7.00. The third-order valence-electron chi connectivity index (χ3n) is 5.27. The van der Waals surface area contributed by atoms with E-state index in [1.54, 1.807) is 18.6 Å². The van der Waals surface area contributed by atoms with Crippen LogP contribution in [0.3, 0.4) is 0 Å². The summed E-state index contributed by atoms with van der Waals surface area (Å²) in [5, 5.41) is 3.36. The summed E-state index contributed by atoms with van der Waals surface area (Å²) in [5.74, 6) is 1.28. The first kappa shape index (κ1) is 16.9. The number of likely N-dealkylation sites (tertiary alicyclic amines) is 1. The maximum Gasteiger partial charge on any atom is 0.274 e. The van der Waals surface area contributed by atoms with Crippen molar-refractivity contribution in [3.05, 3.63) is 48.2 Å². The lowest BCUT2D eigenvalue weighted by molar-refractivity contribution is -0.117. The molecule has 0 aliphatic carbocycles. The number of rotatable bonds is 5. The molecule has 2 aromatic rings. The predicted octanol–water partition coefficient (Wildman–Crippen LogP) is 1.91. The second kappa shape index (κ2) is 6.99. The van der Waals surface area contributed by atoms with Gasteiger partial charge in [-0.15, -0.1) is 0 Å². The molecule has 26 heavy (non-hydrogen) atoms. The SMILES string of the molecule is Cc1cnc(C(=O)N2CC3(C2)OCC[C@H]3CCNc2ccccn2)cn1. The van der Waals surface area contributed by atoms with Crippen molar-refractivity contribution in [1.82, 2.24) is 19.9 Å². The molecular weight excluding hydrogens is 330 g/mol. The van der Waals surface area contributed by atoms with Gasteiger partial charge in [-0.25, -0.2) is 9.97 Å². The van der Waals surface area contributed by atoms with Gasteiger partial charge in [-0.2, -0.15) is 0 Å². The highest BCUT2D eigenvalue weighted by Gasteiger charge is 2.54. The van der Waals surface area contributed by atoms with Crippen molar-refractivity contribution in [2.45, 2.75) is 25.4 Å². The maximum atomic E-state index is 12.5. The summed E-state index contributed by atoms with van der Waals surface area (Å²) in [5.41, 5.74) is 1.01. The lowest BCUT2D eigenvalue weighted by Gasteiger charge is -2.50. The largest absolute Gasteiger partial charge is 0.371 e. The molecule has 0 radical (unpaired) electrons. The van der Waals surface area contributed by atoms with E-state index in [2.05, 4.69) is 20.3 Å². The van der Waals surface area contributed by atoms with Crippen LogP contribution in [0.15, 0.2) is 36.8 Å². The molecule has 0 unspecified atom stereocenters. The van der Waals surface area contributed by atoms with Crippen molar-refractivity contribution in [3.8, 4) is 0 Å². The van der Waals surface area contributed by atoms with Gasteiger partial charge in [0.05, 0.1) is 25.0 Å². The zero-order chi connectivity index (χ0) is 18.0. The van der Waals surface area contributed by atoms with E-state index in [1.807, 2.05) is 30.0 Å². The Kier molecular flexibility index (Phi) is 4.55. The zero-order valence-corrected chi connectivity index (χ0v) is 14.9. The summed E-state index contributed by atoms with van der Waals surface area (Å²) >= 11 is 0. The Labute approximate surface area is 152 Å². The molecular formula is C19H23N5O2. The van der Waals surface area contributed by atoms with Crippen LogP contribution in [0.25, 0.3) is 0 Å². The molecule has 1 amide bonds. The van der Waals surface area contributed by atoms with Gasteiger partial charge in [0, 0.05) is 25.5 Å². The second-order valence-electron chi connectivity index (χ2n) is 7.03. The molecule has 2 aromatic heterocycles. The lowest BCUT2D eigenvalue weighted by Crippen LogP contribution is -2.66. The third kappa shape index (κ3) is 3.26. The van der Waals surface area contributed by atoms with Crippen molar-refractivity contribution in [2.75, 3.05) is 31.6 Å². The fourth-order valence-electron chi connectivity index (χ4n) is 3.79. The van der Waals surface area contributed by atoms with Gasteiger partial charge in [-0.05, 0) is 37.8 Å². The predicted molar refractivity (Wildman–Crippen MR) is 96.8 cm³/mol. The molecule has 4 rings (SSSR count). The maximum absolute atomic E-state index is 12.5. The van der Waals surface area contributed by atoms with Crippen LogP contribution < -0.4 is 5.32 Å². The second-order valence-corrected chi connectivity index (χ2v) is 7.03. The van der Waals surface area contributed by atoms with Gasteiger partial charge in [-0.3, -0.25) is 9.78 Å². The quantitative estimate of drug-likeness (QED) is 0.884. The first-order valence-electron chi connectivity index (χ1n) is 9.03. The van der Waals surface area contributed by atoms with Gasteiger partial charge in [-0.1, -0.05) is 6.07 Å². The van der Waals surface area contributed by atoms with E-state index in [0.717, 1.165) is 37.5 Å². The van der Waals surface area contributed by atoms with Crippen molar-refractivity contribution in [3.63, 3.8) is 0 Å². The van der Waals surface area contributed by atoms with Crippen LogP contribution >= 0.6 is 0 Å². The van der Waals surface area contributed by atoms with Gasteiger partial charge in [0.15, 0.2) is 0 Å². The van der Waals surface area contributed by atoms with E-state index in [1.165, 1.54) is 0 Å². The number of pyridine rings is 1. The average Bonchev–Trinajstić information content (AvgIpc) is 3.05. The molecule has 0 aromatic carbocycles. The van der Waals surface area contributed by atoms with Crippen LogP contribution in [0, 0.1) is 12.8 Å². The Morgan fingerprint density at radius 1 is 1.31 bits per heavy atom. The number of aryl methyl sites for hydroxylation is 1. The first-order chi connectivity index (χ1) is 12.7. The molecule has 2 aliphatic heterocycles. The molecule has 0 saturated carbocycles. The molecule has 0 bridgehead atoms. The molecule has 7 nitrogen and oxygen atoms in total. The first-order valence-corrected chi connectivity index (χ1v) is 9.03. The third-order valence-corrected chi connectivity index (χ3v) is 5.27. The molecule has 1 N–H and O–H groups in total.